The molecule has 0 bridgehead atoms. The molecule has 3 fully saturated rings. The van der Waals surface area contributed by atoms with Crippen molar-refractivity contribution in [3.05, 3.63) is 29.1 Å². The highest BCUT2D eigenvalue weighted by Crippen LogP contribution is 2.42. The van der Waals surface area contributed by atoms with Crippen LogP contribution in [0.1, 0.15) is 59.3 Å². The van der Waals surface area contributed by atoms with E-state index in [0.717, 1.165) is 44.2 Å². The van der Waals surface area contributed by atoms with Crippen LogP contribution < -0.4 is 9.75 Å². The summed E-state index contributed by atoms with van der Waals surface area (Å²) in [5.74, 6) is -0.502. The molecule has 0 aliphatic carbocycles. The third kappa shape index (κ3) is 5.22. The second-order valence-electron chi connectivity index (χ2n) is 11.2. The minimum absolute atomic E-state index is 0.0408. The number of amides is 1. The van der Waals surface area contributed by atoms with E-state index in [1.54, 1.807) is 25.8 Å². The zero-order valence-corrected chi connectivity index (χ0v) is 22.7. The summed E-state index contributed by atoms with van der Waals surface area (Å²) in [7, 11) is 0. The van der Waals surface area contributed by atoms with Crippen molar-refractivity contribution in [3.63, 3.8) is 0 Å². The van der Waals surface area contributed by atoms with Gasteiger partial charge >= 0.3 is 12.1 Å². The summed E-state index contributed by atoms with van der Waals surface area (Å²) in [4.78, 5) is 28.4. The molecular weight excluding hydrogens is 518 g/mol. The van der Waals surface area contributed by atoms with Gasteiger partial charge in [-0.05, 0) is 71.4 Å². The molecule has 1 unspecified atom stereocenters. The Labute approximate surface area is 225 Å². The predicted octanol–water partition coefficient (Wildman–Crippen LogP) is 5.43. The fourth-order valence-electron chi connectivity index (χ4n) is 5.58. The van der Waals surface area contributed by atoms with Gasteiger partial charge in [-0.25, -0.2) is 23.6 Å². The third-order valence-corrected chi connectivity index (χ3v) is 7.56. The summed E-state index contributed by atoms with van der Waals surface area (Å²) < 4.78 is 40.3. The van der Waals surface area contributed by atoms with Crippen molar-refractivity contribution in [1.29, 1.82) is 0 Å². The molecule has 1 atom stereocenters. The molecule has 3 aliphatic rings. The number of pyridine rings is 1. The second-order valence-corrected chi connectivity index (χ2v) is 11.6. The van der Waals surface area contributed by atoms with Crippen LogP contribution in [0.2, 0.25) is 5.15 Å². The number of hydrazine groups is 1. The Hall–Kier alpha value is -2.79. The summed E-state index contributed by atoms with van der Waals surface area (Å²) in [5, 5.41) is 3.19. The van der Waals surface area contributed by atoms with Gasteiger partial charge in [0, 0.05) is 25.8 Å². The highest BCUT2D eigenvalue weighted by Gasteiger charge is 2.47. The molecule has 2 aromatic heterocycles. The summed E-state index contributed by atoms with van der Waals surface area (Å²) in [6.07, 6.45) is 6.45. The Morgan fingerprint density at radius 2 is 1.97 bits per heavy atom. The quantitative estimate of drug-likeness (QED) is 0.466. The van der Waals surface area contributed by atoms with Crippen molar-refractivity contribution in [2.24, 2.45) is 0 Å². The van der Waals surface area contributed by atoms with E-state index >= 15 is 4.39 Å². The number of anilines is 1. The maximum absolute atomic E-state index is 15.2. The standard InChI is InChI=1S/C26H33ClF2N6O3/c1-25(2,3)38-24(36)35-11-6-4-5-10-34(35)22-18-14-30-21(27)19(29)20(18)31-23(32-22)37-16-26-8-7-9-33(26)15-17(12-26)13-28/h13-14H,4-12,15-16H2,1-3H3/b17-13+. The Morgan fingerprint density at radius 3 is 2.74 bits per heavy atom. The lowest BCUT2D eigenvalue weighted by Crippen LogP contribution is -2.49. The molecule has 0 radical (unpaired) electrons. The molecule has 2 aromatic rings. The number of carbonyl (C=O) groups excluding carboxylic acids is 1. The summed E-state index contributed by atoms with van der Waals surface area (Å²) in [6.45, 7) is 7.94. The van der Waals surface area contributed by atoms with Crippen molar-refractivity contribution >= 4 is 34.4 Å². The number of halogens is 3. The van der Waals surface area contributed by atoms with Gasteiger partial charge in [0.25, 0.3) is 0 Å². The van der Waals surface area contributed by atoms with Crippen LogP contribution >= 0.6 is 11.6 Å². The molecule has 38 heavy (non-hydrogen) atoms. The SMILES string of the molecule is CC(C)(C)OC(=O)N1CCCCCN1c1nc(OCC23CCCN2C/C(=C/F)C3)nc2c(F)c(Cl)ncc12. The number of hydrogen-bond acceptors (Lipinski definition) is 8. The van der Waals surface area contributed by atoms with E-state index in [-0.39, 0.29) is 34.6 Å². The van der Waals surface area contributed by atoms with Gasteiger partial charge < -0.3 is 9.47 Å². The summed E-state index contributed by atoms with van der Waals surface area (Å²) in [5.41, 5.74) is -0.362. The predicted molar refractivity (Wildman–Crippen MR) is 139 cm³/mol. The summed E-state index contributed by atoms with van der Waals surface area (Å²) >= 11 is 6.01. The zero-order valence-electron chi connectivity index (χ0n) is 22.0. The molecule has 12 heteroatoms. The van der Waals surface area contributed by atoms with Gasteiger partial charge in [-0.2, -0.15) is 9.97 Å². The topological polar surface area (TPSA) is 83.9 Å². The zero-order chi connectivity index (χ0) is 27.1. The number of rotatable bonds is 4. The van der Waals surface area contributed by atoms with Crippen LogP contribution in [-0.4, -0.2) is 74.9 Å². The lowest BCUT2D eigenvalue weighted by atomic mass is 9.94. The highest BCUT2D eigenvalue weighted by molar-refractivity contribution is 6.30. The van der Waals surface area contributed by atoms with Crippen molar-refractivity contribution in [1.82, 2.24) is 24.9 Å². The van der Waals surface area contributed by atoms with Gasteiger partial charge in [0.05, 0.1) is 17.3 Å². The Morgan fingerprint density at radius 1 is 1.18 bits per heavy atom. The first kappa shape index (κ1) is 26.8. The molecule has 206 valence electrons. The molecule has 5 heterocycles. The monoisotopic (exact) mass is 550 g/mol. The molecule has 1 amide bonds. The number of carbonyl (C=O) groups is 1. The van der Waals surface area contributed by atoms with Crippen LogP contribution in [0.25, 0.3) is 10.9 Å². The second kappa shape index (κ2) is 10.4. The molecule has 3 aliphatic heterocycles. The van der Waals surface area contributed by atoms with Gasteiger partial charge in [-0.3, -0.25) is 9.91 Å². The maximum Gasteiger partial charge on any atom is 0.429 e. The fourth-order valence-corrected chi connectivity index (χ4v) is 5.72. The lowest BCUT2D eigenvalue weighted by molar-refractivity contribution is 0.0232. The van der Waals surface area contributed by atoms with E-state index in [4.69, 9.17) is 21.1 Å². The number of aromatic nitrogens is 3. The maximum atomic E-state index is 15.2. The molecule has 0 spiro atoms. The molecule has 0 N–H and O–H groups in total. The van der Waals surface area contributed by atoms with Gasteiger partial charge in [0.2, 0.25) is 0 Å². The average molecular weight is 551 g/mol. The van der Waals surface area contributed by atoms with Gasteiger partial charge in [0.15, 0.2) is 16.8 Å². The van der Waals surface area contributed by atoms with Crippen LogP contribution in [-0.2, 0) is 4.74 Å². The molecular formula is C26H33ClF2N6O3. The summed E-state index contributed by atoms with van der Waals surface area (Å²) in [6, 6.07) is -0.0408. The fraction of sp³-hybridized carbons (Fsp3) is 0.615. The van der Waals surface area contributed by atoms with Crippen molar-refractivity contribution < 1.29 is 23.0 Å². The van der Waals surface area contributed by atoms with E-state index in [0.29, 0.717) is 37.8 Å². The largest absolute Gasteiger partial charge is 0.461 e. The van der Waals surface area contributed by atoms with E-state index < -0.39 is 17.5 Å². The van der Waals surface area contributed by atoms with E-state index in [1.165, 1.54) is 11.2 Å². The number of fused-ring (bicyclic) bond motifs is 2. The van der Waals surface area contributed by atoms with Crippen molar-refractivity contribution in [2.75, 3.05) is 37.8 Å². The Balaban J connectivity index is 1.53. The van der Waals surface area contributed by atoms with Crippen molar-refractivity contribution in [2.45, 2.75) is 70.4 Å². The van der Waals surface area contributed by atoms with Crippen LogP contribution in [0.15, 0.2) is 18.1 Å². The number of hydrogen-bond donors (Lipinski definition) is 0. The Bertz CT molecular complexity index is 1260. The van der Waals surface area contributed by atoms with Gasteiger partial charge in [-0.15, -0.1) is 0 Å². The molecule has 3 saturated heterocycles. The van der Waals surface area contributed by atoms with Crippen LogP contribution in [0.3, 0.4) is 0 Å². The lowest BCUT2D eigenvalue weighted by Gasteiger charge is -2.36. The van der Waals surface area contributed by atoms with E-state index in [1.807, 2.05) is 0 Å². The van der Waals surface area contributed by atoms with Crippen molar-refractivity contribution in [3.8, 4) is 6.01 Å². The van der Waals surface area contributed by atoms with Gasteiger partial charge in [0.1, 0.15) is 17.7 Å². The molecule has 5 rings (SSSR count). The van der Waals surface area contributed by atoms with E-state index in [2.05, 4.69) is 19.9 Å². The van der Waals surface area contributed by atoms with Crippen LogP contribution in [0.4, 0.5) is 19.4 Å². The normalized spacial score (nSPS) is 23.7. The minimum Gasteiger partial charge on any atom is -0.461 e. The number of nitrogens with zero attached hydrogens (tertiary/aromatic N) is 6. The highest BCUT2D eigenvalue weighted by atomic mass is 35.5. The third-order valence-electron chi connectivity index (χ3n) is 7.30. The van der Waals surface area contributed by atoms with Crippen LogP contribution in [0, 0.1) is 5.82 Å². The smallest absolute Gasteiger partial charge is 0.429 e. The first-order chi connectivity index (χ1) is 18.1. The van der Waals surface area contributed by atoms with E-state index in [9.17, 15) is 9.18 Å². The first-order valence-electron chi connectivity index (χ1n) is 13.1. The molecule has 0 aromatic carbocycles. The minimum atomic E-state index is -0.791. The molecule has 0 saturated carbocycles. The average Bonchev–Trinajstić information content (AvgIpc) is 3.30. The molecule has 9 nitrogen and oxygen atoms in total. The van der Waals surface area contributed by atoms with Crippen LogP contribution in [0.5, 0.6) is 6.01 Å². The number of ether oxygens (including phenoxy) is 2. The Kier molecular flexibility index (Phi) is 7.34. The van der Waals surface area contributed by atoms with Gasteiger partial charge in [-0.1, -0.05) is 11.6 Å². The first-order valence-corrected chi connectivity index (χ1v) is 13.4.